The maximum absolute atomic E-state index is 5.99. The summed E-state index contributed by atoms with van der Waals surface area (Å²) < 4.78 is 2.01. The molecule has 0 aliphatic heterocycles. The monoisotopic (exact) mass is 295 g/mol. The minimum absolute atomic E-state index is 0.442. The van der Waals surface area contributed by atoms with Gasteiger partial charge in [0.15, 0.2) is 0 Å². The molecule has 2 heterocycles. The van der Waals surface area contributed by atoms with Gasteiger partial charge in [0.2, 0.25) is 5.95 Å². The van der Waals surface area contributed by atoms with Crippen molar-refractivity contribution >= 4 is 11.0 Å². The quantitative estimate of drug-likeness (QED) is 0.780. The summed E-state index contributed by atoms with van der Waals surface area (Å²) in [7, 11) is 0. The van der Waals surface area contributed by atoms with Gasteiger partial charge in [0.1, 0.15) is 0 Å². The minimum atomic E-state index is 0.442. The Morgan fingerprint density at radius 2 is 2.23 bits per heavy atom. The van der Waals surface area contributed by atoms with E-state index < -0.39 is 0 Å². The first-order valence-electron chi connectivity index (χ1n) is 8.07. The molecule has 5 nitrogen and oxygen atoms in total. The topological polar surface area (TPSA) is 72.5 Å². The fraction of sp³-hybridized carbons (Fsp3) is 0.412. The number of aromatic nitrogens is 4. The zero-order valence-electron chi connectivity index (χ0n) is 12.8. The Hall–Kier alpha value is -2.14. The SMILES string of the molecule is CCc1nn(-c2nc3ccccc3[nH]2)c2c1C(CN)CCC2. The first-order chi connectivity index (χ1) is 10.8. The number of nitrogens with zero attached hydrogens (tertiary/aromatic N) is 3. The zero-order chi connectivity index (χ0) is 15.1. The van der Waals surface area contributed by atoms with Crippen LogP contribution in [0.5, 0.6) is 0 Å². The van der Waals surface area contributed by atoms with Crippen molar-refractivity contribution in [3.05, 3.63) is 41.2 Å². The van der Waals surface area contributed by atoms with Gasteiger partial charge in [-0.15, -0.1) is 0 Å². The van der Waals surface area contributed by atoms with Gasteiger partial charge in [-0.25, -0.2) is 9.67 Å². The van der Waals surface area contributed by atoms with Crippen LogP contribution in [-0.2, 0) is 12.8 Å². The van der Waals surface area contributed by atoms with Crippen LogP contribution >= 0.6 is 0 Å². The van der Waals surface area contributed by atoms with Gasteiger partial charge in [0.25, 0.3) is 0 Å². The summed E-state index contributed by atoms with van der Waals surface area (Å²) in [6.45, 7) is 2.86. The number of hydrogen-bond donors (Lipinski definition) is 2. The van der Waals surface area contributed by atoms with Crippen LogP contribution in [0.2, 0.25) is 0 Å². The third-order valence-electron chi connectivity index (χ3n) is 4.67. The molecule has 0 fully saturated rings. The van der Waals surface area contributed by atoms with E-state index in [4.69, 9.17) is 15.8 Å². The molecule has 114 valence electrons. The molecule has 0 radical (unpaired) electrons. The van der Waals surface area contributed by atoms with E-state index in [9.17, 15) is 0 Å². The molecular formula is C17H21N5. The lowest BCUT2D eigenvalue weighted by molar-refractivity contribution is 0.546. The first-order valence-corrected chi connectivity index (χ1v) is 8.07. The van der Waals surface area contributed by atoms with Crippen LogP contribution in [0, 0.1) is 0 Å². The van der Waals surface area contributed by atoms with Crippen molar-refractivity contribution < 1.29 is 0 Å². The van der Waals surface area contributed by atoms with Crippen LogP contribution in [0.15, 0.2) is 24.3 Å². The first kappa shape index (κ1) is 13.5. The van der Waals surface area contributed by atoms with Crippen LogP contribution in [0.1, 0.15) is 42.6 Å². The molecule has 1 aromatic carbocycles. The second-order valence-electron chi connectivity index (χ2n) is 5.97. The molecule has 2 aromatic heterocycles. The Bertz CT molecular complexity index is 781. The Labute approximate surface area is 129 Å². The van der Waals surface area contributed by atoms with Crippen molar-refractivity contribution in [2.24, 2.45) is 5.73 Å². The van der Waals surface area contributed by atoms with E-state index in [1.165, 1.54) is 29.8 Å². The number of nitrogens with two attached hydrogens (primary N) is 1. The molecule has 3 N–H and O–H groups in total. The fourth-order valence-electron chi connectivity index (χ4n) is 3.60. The molecule has 1 aliphatic carbocycles. The summed E-state index contributed by atoms with van der Waals surface area (Å²) in [6.07, 6.45) is 4.33. The number of para-hydroxylation sites is 2. The molecule has 0 saturated carbocycles. The van der Waals surface area contributed by atoms with Crippen molar-refractivity contribution in [3.63, 3.8) is 0 Å². The molecular weight excluding hydrogens is 274 g/mol. The number of aryl methyl sites for hydroxylation is 1. The molecule has 5 heteroatoms. The van der Waals surface area contributed by atoms with E-state index in [0.29, 0.717) is 12.5 Å². The normalized spacial score (nSPS) is 17.8. The van der Waals surface area contributed by atoms with E-state index in [2.05, 4.69) is 11.9 Å². The lowest BCUT2D eigenvalue weighted by atomic mass is 9.85. The Morgan fingerprint density at radius 1 is 1.36 bits per heavy atom. The highest BCUT2D eigenvalue weighted by Gasteiger charge is 2.28. The van der Waals surface area contributed by atoms with Crippen LogP contribution in [0.3, 0.4) is 0 Å². The van der Waals surface area contributed by atoms with E-state index in [0.717, 1.165) is 29.8 Å². The van der Waals surface area contributed by atoms with Gasteiger partial charge in [-0.3, -0.25) is 0 Å². The average molecular weight is 295 g/mol. The minimum Gasteiger partial charge on any atom is -0.330 e. The summed E-state index contributed by atoms with van der Waals surface area (Å²) in [5, 5.41) is 4.84. The van der Waals surface area contributed by atoms with Gasteiger partial charge in [-0.05, 0) is 50.3 Å². The molecule has 1 aliphatic rings. The fourth-order valence-corrected chi connectivity index (χ4v) is 3.60. The molecule has 0 spiro atoms. The average Bonchev–Trinajstić information content (AvgIpc) is 3.15. The maximum atomic E-state index is 5.99. The lowest BCUT2D eigenvalue weighted by Gasteiger charge is -2.22. The molecule has 0 amide bonds. The molecule has 1 unspecified atom stereocenters. The summed E-state index contributed by atoms with van der Waals surface area (Å²) in [5.74, 6) is 1.26. The predicted octanol–water partition coefficient (Wildman–Crippen LogP) is 2.69. The van der Waals surface area contributed by atoms with E-state index in [1.54, 1.807) is 0 Å². The molecule has 4 rings (SSSR count). The Balaban J connectivity index is 1.90. The van der Waals surface area contributed by atoms with Crippen LogP contribution in [0.4, 0.5) is 0 Å². The number of benzene rings is 1. The highest BCUT2D eigenvalue weighted by molar-refractivity contribution is 5.76. The summed E-state index contributed by atoms with van der Waals surface area (Å²) in [4.78, 5) is 8.09. The third kappa shape index (κ3) is 1.96. The second-order valence-corrected chi connectivity index (χ2v) is 5.97. The van der Waals surface area contributed by atoms with E-state index in [1.807, 2.05) is 28.9 Å². The van der Waals surface area contributed by atoms with Gasteiger partial charge in [-0.2, -0.15) is 5.10 Å². The number of imidazole rings is 1. The van der Waals surface area contributed by atoms with Crippen molar-refractivity contribution in [2.75, 3.05) is 6.54 Å². The Morgan fingerprint density at radius 3 is 3.00 bits per heavy atom. The predicted molar refractivity (Wildman–Crippen MR) is 87.3 cm³/mol. The highest BCUT2D eigenvalue weighted by Crippen LogP contribution is 2.34. The van der Waals surface area contributed by atoms with Gasteiger partial charge < -0.3 is 10.7 Å². The summed E-state index contributed by atoms with van der Waals surface area (Å²) in [5.41, 5.74) is 11.8. The number of hydrogen-bond acceptors (Lipinski definition) is 3. The van der Waals surface area contributed by atoms with Crippen LogP contribution in [-0.4, -0.2) is 26.3 Å². The summed E-state index contributed by atoms with van der Waals surface area (Å²) >= 11 is 0. The van der Waals surface area contributed by atoms with Crippen molar-refractivity contribution in [3.8, 4) is 5.95 Å². The van der Waals surface area contributed by atoms with Crippen molar-refractivity contribution in [1.82, 2.24) is 19.7 Å². The molecule has 1 atom stereocenters. The van der Waals surface area contributed by atoms with E-state index in [-0.39, 0.29) is 0 Å². The largest absolute Gasteiger partial charge is 0.330 e. The molecule has 22 heavy (non-hydrogen) atoms. The van der Waals surface area contributed by atoms with Crippen LogP contribution < -0.4 is 5.73 Å². The van der Waals surface area contributed by atoms with Gasteiger partial charge in [0, 0.05) is 5.56 Å². The van der Waals surface area contributed by atoms with E-state index >= 15 is 0 Å². The third-order valence-corrected chi connectivity index (χ3v) is 4.67. The summed E-state index contributed by atoms with van der Waals surface area (Å²) in [6, 6.07) is 8.10. The Kier molecular flexibility index (Phi) is 3.22. The molecule has 0 bridgehead atoms. The lowest BCUT2D eigenvalue weighted by Crippen LogP contribution is -2.19. The van der Waals surface area contributed by atoms with Gasteiger partial charge >= 0.3 is 0 Å². The standard InChI is InChI=1S/C17H21N5/c1-2-12-16-11(10-18)6-5-9-15(16)22(21-12)17-19-13-7-3-4-8-14(13)20-17/h3-4,7-8,11H,2,5-6,9-10,18H2,1H3,(H,19,20). The molecule has 0 saturated heterocycles. The smallest absolute Gasteiger partial charge is 0.229 e. The maximum Gasteiger partial charge on any atom is 0.229 e. The second kappa shape index (κ2) is 5.25. The zero-order valence-corrected chi connectivity index (χ0v) is 12.8. The number of nitrogens with one attached hydrogen (secondary N) is 1. The van der Waals surface area contributed by atoms with Gasteiger partial charge in [0.05, 0.1) is 22.4 Å². The van der Waals surface area contributed by atoms with Crippen molar-refractivity contribution in [2.45, 2.75) is 38.5 Å². The number of H-pyrrole nitrogens is 1. The van der Waals surface area contributed by atoms with Crippen molar-refractivity contribution in [1.29, 1.82) is 0 Å². The van der Waals surface area contributed by atoms with Crippen LogP contribution in [0.25, 0.3) is 17.0 Å². The number of rotatable bonds is 3. The van der Waals surface area contributed by atoms with Gasteiger partial charge in [-0.1, -0.05) is 19.1 Å². The number of aromatic amines is 1. The molecule has 3 aromatic rings. The number of fused-ring (bicyclic) bond motifs is 2. The highest BCUT2D eigenvalue weighted by atomic mass is 15.4.